The Hall–Kier alpha value is -3.52. The molecule has 0 aliphatic heterocycles. The molecule has 0 atom stereocenters. The van der Waals surface area contributed by atoms with E-state index in [4.69, 9.17) is 0 Å². The van der Waals surface area contributed by atoms with Crippen molar-refractivity contribution in [1.82, 2.24) is 9.97 Å². The molecule has 0 amide bonds. The first-order valence-electron chi connectivity index (χ1n) is 10.2. The quantitative estimate of drug-likeness (QED) is 0.356. The van der Waals surface area contributed by atoms with Crippen molar-refractivity contribution in [3.8, 4) is 22.5 Å². The Morgan fingerprint density at radius 3 is 1.53 bits per heavy atom. The van der Waals surface area contributed by atoms with Gasteiger partial charge in [-0.3, -0.25) is 9.97 Å². The van der Waals surface area contributed by atoms with E-state index in [1.54, 1.807) is 0 Å². The minimum Gasteiger partial charge on any atom is -0.256 e. The van der Waals surface area contributed by atoms with Gasteiger partial charge in [0.2, 0.25) is 0 Å². The van der Waals surface area contributed by atoms with Gasteiger partial charge in [0.15, 0.2) is 0 Å². The van der Waals surface area contributed by atoms with Crippen LogP contribution in [-0.2, 0) is 0 Å². The van der Waals surface area contributed by atoms with E-state index in [9.17, 15) is 0 Å². The third kappa shape index (κ3) is 5.74. The van der Waals surface area contributed by atoms with Crippen LogP contribution in [0.15, 0.2) is 104 Å². The van der Waals surface area contributed by atoms with Crippen LogP contribution in [0.2, 0.25) is 0 Å². The Balaban J connectivity index is 0.000000171. The summed E-state index contributed by atoms with van der Waals surface area (Å²) in [6.45, 7) is 10.2. The number of aromatic nitrogens is 2. The molecule has 4 aromatic rings. The highest BCUT2D eigenvalue weighted by atomic mass is 14.7. The van der Waals surface area contributed by atoms with E-state index in [1.807, 2.05) is 61.8 Å². The second-order valence-electron chi connectivity index (χ2n) is 7.58. The SMILES string of the molecule is C=C(C)c1ccc(-c2ccccc2)nc1.CC(C)c1ccc(-c2ccccc2)nc1. The number of nitrogens with zero attached hydrogens (tertiary/aromatic N) is 2. The predicted octanol–water partition coefficient (Wildman–Crippen LogP) is 7.65. The number of pyridine rings is 2. The molecule has 0 spiro atoms. The molecule has 0 unspecified atom stereocenters. The van der Waals surface area contributed by atoms with E-state index in [-0.39, 0.29) is 0 Å². The van der Waals surface area contributed by atoms with Gasteiger partial charge in [0.1, 0.15) is 0 Å². The highest BCUT2D eigenvalue weighted by Crippen LogP contribution is 2.20. The molecule has 0 radical (unpaired) electrons. The highest BCUT2D eigenvalue weighted by molar-refractivity contribution is 5.64. The average molecular weight is 393 g/mol. The largest absolute Gasteiger partial charge is 0.256 e. The van der Waals surface area contributed by atoms with Gasteiger partial charge in [0.25, 0.3) is 0 Å². The molecule has 0 saturated heterocycles. The van der Waals surface area contributed by atoms with E-state index in [0.29, 0.717) is 5.92 Å². The maximum absolute atomic E-state index is 4.47. The molecule has 2 heterocycles. The van der Waals surface area contributed by atoms with E-state index in [0.717, 1.165) is 28.1 Å². The van der Waals surface area contributed by atoms with Crippen LogP contribution in [0.5, 0.6) is 0 Å². The monoisotopic (exact) mass is 392 g/mol. The lowest BCUT2D eigenvalue weighted by atomic mass is 10.0. The minimum atomic E-state index is 0.544. The van der Waals surface area contributed by atoms with Gasteiger partial charge in [0, 0.05) is 23.5 Å². The molecule has 0 fully saturated rings. The van der Waals surface area contributed by atoms with Crippen LogP contribution in [0.4, 0.5) is 0 Å². The molecule has 4 rings (SSSR count). The van der Waals surface area contributed by atoms with Gasteiger partial charge in [-0.15, -0.1) is 0 Å². The van der Waals surface area contributed by atoms with Crippen molar-refractivity contribution in [2.24, 2.45) is 0 Å². The van der Waals surface area contributed by atoms with Gasteiger partial charge in [-0.05, 0) is 41.7 Å². The first-order chi connectivity index (χ1) is 14.5. The Labute approximate surface area is 180 Å². The summed E-state index contributed by atoms with van der Waals surface area (Å²) in [5, 5.41) is 0. The second kappa shape index (κ2) is 10.3. The summed E-state index contributed by atoms with van der Waals surface area (Å²) < 4.78 is 0. The zero-order chi connectivity index (χ0) is 21.3. The molecule has 0 bridgehead atoms. The molecule has 0 aliphatic carbocycles. The van der Waals surface area contributed by atoms with E-state index >= 15 is 0 Å². The predicted molar refractivity (Wildman–Crippen MR) is 128 cm³/mol. The molecule has 2 aromatic heterocycles. The van der Waals surface area contributed by atoms with Crippen molar-refractivity contribution in [2.45, 2.75) is 26.7 Å². The third-order valence-corrected chi connectivity index (χ3v) is 4.85. The number of benzene rings is 2. The van der Waals surface area contributed by atoms with Crippen LogP contribution in [0.1, 0.15) is 37.8 Å². The fourth-order valence-electron chi connectivity index (χ4n) is 2.95. The topological polar surface area (TPSA) is 25.8 Å². The molecule has 2 nitrogen and oxygen atoms in total. The average Bonchev–Trinajstić information content (AvgIpc) is 2.81. The zero-order valence-electron chi connectivity index (χ0n) is 17.9. The molecule has 2 heteroatoms. The van der Waals surface area contributed by atoms with Crippen LogP contribution in [0.3, 0.4) is 0 Å². The Morgan fingerprint density at radius 2 is 1.17 bits per heavy atom. The van der Waals surface area contributed by atoms with Crippen LogP contribution < -0.4 is 0 Å². The summed E-state index contributed by atoms with van der Waals surface area (Å²) in [6, 6.07) is 28.7. The normalized spacial score (nSPS) is 10.3. The van der Waals surface area contributed by atoms with Crippen molar-refractivity contribution in [3.05, 3.63) is 115 Å². The summed E-state index contributed by atoms with van der Waals surface area (Å²) in [7, 11) is 0. The fourth-order valence-corrected chi connectivity index (χ4v) is 2.95. The third-order valence-electron chi connectivity index (χ3n) is 4.85. The van der Waals surface area contributed by atoms with Gasteiger partial charge in [-0.2, -0.15) is 0 Å². The molecule has 150 valence electrons. The molecule has 30 heavy (non-hydrogen) atoms. The molecule has 0 aliphatic rings. The zero-order valence-corrected chi connectivity index (χ0v) is 17.9. The first-order valence-corrected chi connectivity index (χ1v) is 10.2. The summed E-state index contributed by atoms with van der Waals surface area (Å²) in [4.78, 5) is 8.88. The first kappa shape index (κ1) is 21.2. The van der Waals surface area contributed by atoms with E-state index < -0.39 is 0 Å². The smallest absolute Gasteiger partial charge is 0.0702 e. The molecule has 2 aromatic carbocycles. The molecular weight excluding hydrogens is 364 g/mol. The van der Waals surface area contributed by atoms with Crippen LogP contribution in [-0.4, -0.2) is 9.97 Å². The minimum absolute atomic E-state index is 0.544. The lowest BCUT2D eigenvalue weighted by Crippen LogP contribution is -1.89. The van der Waals surface area contributed by atoms with Crippen molar-refractivity contribution in [2.75, 3.05) is 0 Å². The lowest BCUT2D eigenvalue weighted by molar-refractivity contribution is 0.859. The Morgan fingerprint density at radius 1 is 0.667 bits per heavy atom. The van der Waals surface area contributed by atoms with E-state index in [1.165, 1.54) is 11.1 Å². The fraction of sp³-hybridized carbons (Fsp3) is 0.143. The summed E-state index contributed by atoms with van der Waals surface area (Å²) in [5.74, 6) is 0.544. The van der Waals surface area contributed by atoms with Crippen molar-refractivity contribution >= 4 is 5.57 Å². The number of hydrogen-bond donors (Lipinski definition) is 0. The summed E-state index contributed by atoms with van der Waals surface area (Å²) in [6.07, 6.45) is 3.83. The van der Waals surface area contributed by atoms with Gasteiger partial charge in [-0.25, -0.2) is 0 Å². The number of allylic oxidation sites excluding steroid dienone is 1. The lowest BCUT2D eigenvalue weighted by Gasteiger charge is -2.05. The van der Waals surface area contributed by atoms with Crippen LogP contribution >= 0.6 is 0 Å². The van der Waals surface area contributed by atoms with Gasteiger partial charge in [-0.1, -0.05) is 93.2 Å². The van der Waals surface area contributed by atoms with Gasteiger partial charge < -0.3 is 0 Å². The summed E-state index contributed by atoms with van der Waals surface area (Å²) >= 11 is 0. The maximum Gasteiger partial charge on any atom is 0.0702 e. The van der Waals surface area contributed by atoms with Crippen LogP contribution in [0, 0.1) is 0 Å². The van der Waals surface area contributed by atoms with Crippen molar-refractivity contribution < 1.29 is 0 Å². The number of rotatable bonds is 4. The Bertz CT molecular complexity index is 1050. The Kier molecular flexibility index (Phi) is 7.29. The number of hydrogen-bond acceptors (Lipinski definition) is 2. The van der Waals surface area contributed by atoms with Gasteiger partial charge >= 0.3 is 0 Å². The van der Waals surface area contributed by atoms with Crippen LogP contribution in [0.25, 0.3) is 28.1 Å². The standard InChI is InChI=1S/C14H15N.C14H13N/c2*1-11(2)13-8-9-14(15-10-13)12-6-4-3-5-7-12/h3-11H,1-2H3;3-10H,1H2,2H3. The summed E-state index contributed by atoms with van der Waals surface area (Å²) in [5.41, 5.74) is 7.78. The van der Waals surface area contributed by atoms with E-state index in [2.05, 4.69) is 72.9 Å². The molecular formula is C28H28N2. The van der Waals surface area contributed by atoms with Gasteiger partial charge in [0.05, 0.1) is 11.4 Å². The highest BCUT2D eigenvalue weighted by Gasteiger charge is 2.01. The van der Waals surface area contributed by atoms with Crippen molar-refractivity contribution in [3.63, 3.8) is 0 Å². The second-order valence-corrected chi connectivity index (χ2v) is 7.58. The van der Waals surface area contributed by atoms with Crippen molar-refractivity contribution in [1.29, 1.82) is 0 Å². The maximum atomic E-state index is 4.47. The molecule has 0 saturated carbocycles. The molecule has 0 N–H and O–H groups in total.